The minimum atomic E-state index is -0.789. The molecule has 32 heavy (non-hydrogen) atoms. The number of ketones is 1. The van der Waals surface area contributed by atoms with Crippen LogP contribution in [0.2, 0.25) is 0 Å². The van der Waals surface area contributed by atoms with Gasteiger partial charge in [0, 0.05) is 5.57 Å². The van der Waals surface area contributed by atoms with Gasteiger partial charge in [-0.15, -0.1) is 0 Å². The third kappa shape index (κ3) is 3.42. The first-order valence-corrected chi connectivity index (χ1v) is 11.8. The number of hydrogen-bond donors (Lipinski definition) is 3. The normalized spacial score (nSPS) is 34.5. The molecule has 7 nitrogen and oxygen atoms in total. The second kappa shape index (κ2) is 8.68. The molecule has 0 amide bonds. The van der Waals surface area contributed by atoms with Gasteiger partial charge >= 0.3 is 0 Å². The molecule has 4 N–H and O–H groups in total. The minimum absolute atomic E-state index is 0.103. The molecular weight excluding hydrogens is 400 g/mol. The molecule has 0 unspecified atom stereocenters. The summed E-state index contributed by atoms with van der Waals surface area (Å²) in [6.07, 6.45) is 7.17. The number of nitrogens with zero attached hydrogens (tertiary/aromatic N) is 3. The average Bonchev–Trinajstić information content (AvgIpc) is 3.07. The molecule has 0 aromatic heterocycles. The van der Waals surface area contributed by atoms with Crippen LogP contribution in [-0.2, 0) is 4.79 Å². The molecule has 0 heterocycles. The quantitative estimate of drug-likeness (QED) is 0.293. The molecule has 0 bridgehead atoms. The summed E-state index contributed by atoms with van der Waals surface area (Å²) < 4.78 is 0. The van der Waals surface area contributed by atoms with Crippen molar-refractivity contribution in [2.75, 3.05) is 0 Å². The molecule has 0 atom stereocenters. The monoisotopic (exact) mass is 434 g/mol. The number of Topliss-reactive ketones (excluding diaryl/α,β-unsaturated/α-hetero) is 1. The Morgan fingerprint density at radius 1 is 1.00 bits per heavy atom. The van der Waals surface area contributed by atoms with Gasteiger partial charge in [-0.3, -0.25) is 4.79 Å². The fourth-order valence-electron chi connectivity index (χ4n) is 6.56. The van der Waals surface area contributed by atoms with Gasteiger partial charge in [-0.1, -0.05) is 44.2 Å². The largest absolute Gasteiger partial charge is 0.323 e. The zero-order valence-corrected chi connectivity index (χ0v) is 19.1. The van der Waals surface area contributed by atoms with Crippen molar-refractivity contribution in [2.45, 2.75) is 70.8 Å². The number of rotatable bonds is 5. The maximum Gasteiger partial charge on any atom is 0.195 e. The number of carbonyl (C=O) groups excluding carboxylic acids is 1. The average molecular weight is 435 g/mol. The molecule has 2 fully saturated rings. The highest BCUT2D eigenvalue weighted by Gasteiger charge is 2.57. The highest BCUT2D eigenvalue weighted by molar-refractivity contribution is 6.54. The molecule has 7 heteroatoms. The van der Waals surface area contributed by atoms with E-state index in [1.54, 1.807) is 0 Å². The van der Waals surface area contributed by atoms with Crippen molar-refractivity contribution in [3.05, 3.63) is 41.6 Å². The van der Waals surface area contributed by atoms with E-state index >= 15 is 0 Å². The van der Waals surface area contributed by atoms with E-state index in [0.29, 0.717) is 37.5 Å². The number of nitrogens with two attached hydrogens (primary N) is 1. The van der Waals surface area contributed by atoms with E-state index in [2.05, 4.69) is 29.2 Å². The highest BCUT2D eigenvalue weighted by atomic mass is 16.1. The van der Waals surface area contributed by atoms with Crippen LogP contribution in [0.3, 0.4) is 0 Å². The third-order valence-corrected chi connectivity index (χ3v) is 8.56. The van der Waals surface area contributed by atoms with Crippen LogP contribution in [0, 0.1) is 34.2 Å². The number of hydrogen-bond acceptors (Lipinski definition) is 7. The fourth-order valence-corrected chi connectivity index (χ4v) is 6.56. The van der Waals surface area contributed by atoms with Crippen LogP contribution in [-0.4, -0.2) is 17.0 Å². The van der Waals surface area contributed by atoms with Crippen molar-refractivity contribution in [3.8, 4) is 0 Å². The molecule has 3 aliphatic carbocycles. The van der Waals surface area contributed by atoms with E-state index in [9.17, 15) is 4.79 Å². The lowest BCUT2D eigenvalue weighted by Gasteiger charge is -2.47. The molecular formula is C25H34N6O. The maximum absolute atomic E-state index is 13.6. The number of benzene rings is 1. The molecule has 170 valence electrons. The molecule has 1 aromatic carbocycles. The van der Waals surface area contributed by atoms with Crippen molar-refractivity contribution in [1.29, 1.82) is 11.1 Å². The molecule has 1 spiro atoms. The smallest absolute Gasteiger partial charge is 0.195 e. The van der Waals surface area contributed by atoms with Crippen LogP contribution in [0.1, 0.15) is 70.8 Å². The Bertz CT molecular complexity index is 948. The molecule has 1 aromatic rings. The lowest BCUT2D eigenvalue weighted by molar-refractivity contribution is -0.120. The summed E-state index contributed by atoms with van der Waals surface area (Å²) in [6.45, 7) is 4.60. The predicted molar refractivity (Wildman–Crippen MR) is 124 cm³/mol. The van der Waals surface area contributed by atoms with Crippen molar-refractivity contribution in [2.24, 2.45) is 44.3 Å². The summed E-state index contributed by atoms with van der Waals surface area (Å²) >= 11 is 0. The minimum Gasteiger partial charge on any atom is -0.323 e. The SMILES string of the molecule is CC(C)C1CCC(C2(N=N)CCC3(CC2)C(=O)C(=NN)C(N=N)=C3c2ccccc2)CC1. The van der Waals surface area contributed by atoms with Gasteiger partial charge < -0.3 is 5.84 Å². The number of nitrogens with one attached hydrogen (secondary N) is 2. The van der Waals surface area contributed by atoms with Gasteiger partial charge in [0.25, 0.3) is 0 Å². The topological polar surface area (TPSA) is 128 Å². The van der Waals surface area contributed by atoms with Crippen molar-refractivity contribution >= 4 is 17.1 Å². The highest BCUT2D eigenvalue weighted by Crippen LogP contribution is 2.58. The summed E-state index contributed by atoms with van der Waals surface area (Å²) in [6, 6.07) is 9.71. The maximum atomic E-state index is 13.6. The predicted octanol–water partition coefficient (Wildman–Crippen LogP) is 6.12. The number of allylic oxidation sites excluding steroid dienone is 2. The second-order valence-corrected chi connectivity index (χ2v) is 10.2. The van der Waals surface area contributed by atoms with Gasteiger partial charge in [-0.2, -0.15) is 15.3 Å². The Labute approximate surface area is 189 Å². The zero-order valence-electron chi connectivity index (χ0n) is 19.1. The molecule has 0 aliphatic heterocycles. The van der Waals surface area contributed by atoms with E-state index in [1.165, 1.54) is 12.8 Å². The van der Waals surface area contributed by atoms with E-state index in [0.717, 1.165) is 29.9 Å². The summed E-state index contributed by atoms with van der Waals surface area (Å²) in [4.78, 5) is 13.6. The number of hydrazone groups is 1. The van der Waals surface area contributed by atoms with Crippen LogP contribution >= 0.6 is 0 Å². The first-order chi connectivity index (χ1) is 15.4. The molecule has 2 saturated carbocycles. The van der Waals surface area contributed by atoms with Gasteiger partial charge in [0.2, 0.25) is 0 Å². The van der Waals surface area contributed by atoms with Gasteiger partial charge in [-0.05, 0) is 74.7 Å². The summed E-state index contributed by atoms with van der Waals surface area (Å²) in [7, 11) is 0. The standard InChI is InChI=1S/C25H34N6O/c1-16(2)17-8-10-19(11-9-17)25(31-28)14-12-24(13-15-25)20(18-6-4-3-5-7-18)21(29-26)22(30-27)23(24)32/h3-7,16-17,19,26,28H,8-15,27H2,1-2H3. The van der Waals surface area contributed by atoms with Gasteiger partial charge in [0.05, 0.1) is 11.0 Å². The fraction of sp³-hybridized carbons (Fsp3) is 0.600. The lowest BCUT2D eigenvalue weighted by Crippen LogP contribution is -2.47. The molecule has 0 radical (unpaired) electrons. The summed E-state index contributed by atoms with van der Waals surface area (Å²) in [5.41, 5.74) is 16.8. The van der Waals surface area contributed by atoms with Gasteiger partial charge in [0.1, 0.15) is 5.70 Å². The first kappa shape index (κ1) is 22.5. The Kier molecular flexibility index (Phi) is 6.10. The molecule has 4 rings (SSSR count). The summed E-state index contributed by atoms with van der Waals surface area (Å²) in [5.74, 6) is 7.32. The lowest BCUT2D eigenvalue weighted by atomic mass is 9.57. The first-order valence-electron chi connectivity index (χ1n) is 11.8. The van der Waals surface area contributed by atoms with Crippen LogP contribution in [0.4, 0.5) is 0 Å². The van der Waals surface area contributed by atoms with Crippen LogP contribution < -0.4 is 5.84 Å². The van der Waals surface area contributed by atoms with Crippen molar-refractivity contribution in [1.82, 2.24) is 0 Å². The van der Waals surface area contributed by atoms with Crippen molar-refractivity contribution in [3.63, 3.8) is 0 Å². The van der Waals surface area contributed by atoms with Gasteiger partial charge in [0.15, 0.2) is 11.5 Å². The van der Waals surface area contributed by atoms with Crippen molar-refractivity contribution < 1.29 is 4.79 Å². The Hall–Kier alpha value is -2.70. The second-order valence-electron chi connectivity index (χ2n) is 10.2. The van der Waals surface area contributed by atoms with Gasteiger partial charge in [-0.25, -0.2) is 11.1 Å². The number of carbonyl (C=O) groups is 1. The molecule has 0 saturated heterocycles. The summed E-state index contributed by atoms with van der Waals surface area (Å²) in [5, 5.41) is 11.7. The van der Waals surface area contributed by atoms with E-state index in [-0.39, 0.29) is 17.2 Å². The Morgan fingerprint density at radius 2 is 1.62 bits per heavy atom. The van der Waals surface area contributed by atoms with Crippen LogP contribution in [0.25, 0.3) is 5.57 Å². The zero-order chi connectivity index (χ0) is 22.9. The third-order valence-electron chi connectivity index (χ3n) is 8.56. The van der Waals surface area contributed by atoms with E-state index in [4.69, 9.17) is 16.9 Å². The van der Waals surface area contributed by atoms with Crippen LogP contribution in [0.15, 0.2) is 51.4 Å². The molecule has 3 aliphatic rings. The Balaban J connectivity index is 1.66. The van der Waals surface area contributed by atoms with E-state index in [1.807, 2.05) is 30.3 Å². The van der Waals surface area contributed by atoms with Crippen LogP contribution in [0.5, 0.6) is 0 Å². The van der Waals surface area contributed by atoms with E-state index < -0.39 is 11.0 Å². The Morgan fingerprint density at radius 3 is 2.12 bits per heavy atom.